The zero-order valence-electron chi connectivity index (χ0n) is 18.3. The zero-order valence-corrected chi connectivity index (χ0v) is 19.1. The number of rotatable bonds is 11. The molecular weight excluding hydrogens is 414 g/mol. The predicted octanol–water partition coefficient (Wildman–Crippen LogP) is 2.49. The van der Waals surface area contributed by atoms with E-state index in [0.717, 1.165) is 29.7 Å². The van der Waals surface area contributed by atoms with E-state index in [1.165, 1.54) is 0 Å². The number of sulfonamides is 1. The van der Waals surface area contributed by atoms with Crippen molar-refractivity contribution < 1.29 is 17.9 Å². The first-order valence-corrected chi connectivity index (χ1v) is 12.0. The number of likely N-dealkylation sites (N-methyl/N-ethyl adjacent to an activating group) is 1. The molecule has 1 fully saturated rings. The van der Waals surface area contributed by atoms with E-state index in [2.05, 4.69) is 10.0 Å². The molecule has 1 saturated carbocycles. The van der Waals surface area contributed by atoms with Crippen molar-refractivity contribution >= 4 is 15.9 Å². The van der Waals surface area contributed by atoms with Gasteiger partial charge >= 0.3 is 0 Å². The van der Waals surface area contributed by atoms with Gasteiger partial charge in [0.15, 0.2) is 0 Å². The number of methoxy groups -OCH3 is 1. The Kier molecular flexibility index (Phi) is 7.69. The number of carbonyl (C=O) groups excluding carboxylic acids is 1. The SMILES string of the molecule is COc1ccccc1C(CNC(=O)CCc1ccc(S(=O)(=O)NC2CC2)cc1)N(C)C. The molecule has 1 aliphatic carbocycles. The number of amides is 1. The van der Waals surface area contributed by atoms with Crippen molar-refractivity contribution in [2.45, 2.75) is 42.7 Å². The Labute approximate surface area is 184 Å². The van der Waals surface area contributed by atoms with Crippen LogP contribution in [0.3, 0.4) is 0 Å². The second-order valence-corrected chi connectivity index (χ2v) is 9.78. The van der Waals surface area contributed by atoms with Gasteiger partial charge in [0.1, 0.15) is 5.75 Å². The highest BCUT2D eigenvalue weighted by molar-refractivity contribution is 7.89. The van der Waals surface area contributed by atoms with Crippen molar-refractivity contribution in [3.8, 4) is 5.75 Å². The molecule has 1 amide bonds. The number of ether oxygens (including phenoxy) is 1. The van der Waals surface area contributed by atoms with Crippen molar-refractivity contribution in [1.82, 2.24) is 14.9 Å². The van der Waals surface area contributed by atoms with E-state index in [1.807, 2.05) is 43.3 Å². The van der Waals surface area contributed by atoms with Gasteiger partial charge in [0.25, 0.3) is 0 Å². The first-order valence-electron chi connectivity index (χ1n) is 10.5. The molecule has 1 unspecified atom stereocenters. The summed E-state index contributed by atoms with van der Waals surface area (Å²) in [7, 11) is 2.13. The summed E-state index contributed by atoms with van der Waals surface area (Å²) in [6.07, 6.45) is 2.68. The van der Waals surface area contributed by atoms with Crippen LogP contribution in [0, 0.1) is 0 Å². The van der Waals surface area contributed by atoms with E-state index in [4.69, 9.17) is 4.74 Å². The number of hydrogen-bond donors (Lipinski definition) is 2. The topological polar surface area (TPSA) is 87.7 Å². The summed E-state index contributed by atoms with van der Waals surface area (Å²) in [5.41, 5.74) is 1.95. The van der Waals surface area contributed by atoms with Crippen LogP contribution in [0.1, 0.15) is 36.4 Å². The molecule has 0 aliphatic heterocycles. The molecule has 0 radical (unpaired) electrons. The van der Waals surface area contributed by atoms with Crippen LogP contribution in [0.15, 0.2) is 53.4 Å². The molecule has 2 aromatic carbocycles. The molecule has 0 saturated heterocycles. The average Bonchev–Trinajstić information content (AvgIpc) is 3.56. The lowest BCUT2D eigenvalue weighted by Crippen LogP contribution is -2.34. The predicted molar refractivity (Wildman–Crippen MR) is 121 cm³/mol. The van der Waals surface area contributed by atoms with Crippen molar-refractivity contribution in [2.75, 3.05) is 27.7 Å². The molecule has 1 atom stereocenters. The van der Waals surface area contributed by atoms with Crippen LogP contribution in [0.2, 0.25) is 0 Å². The summed E-state index contributed by atoms with van der Waals surface area (Å²) in [5.74, 6) is 0.746. The summed E-state index contributed by atoms with van der Waals surface area (Å²) < 4.78 is 32.6. The van der Waals surface area contributed by atoms with E-state index >= 15 is 0 Å². The van der Waals surface area contributed by atoms with Gasteiger partial charge in [-0.2, -0.15) is 0 Å². The molecular formula is C23H31N3O4S. The maximum atomic E-state index is 12.4. The van der Waals surface area contributed by atoms with E-state index in [0.29, 0.717) is 19.4 Å². The second kappa shape index (κ2) is 10.3. The van der Waals surface area contributed by atoms with Crippen molar-refractivity contribution in [3.05, 3.63) is 59.7 Å². The van der Waals surface area contributed by atoms with Crippen LogP contribution in [-0.2, 0) is 21.2 Å². The van der Waals surface area contributed by atoms with Gasteiger partial charge in [-0.3, -0.25) is 4.79 Å². The fourth-order valence-electron chi connectivity index (χ4n) is 3.39. The third-order valence-electron chi connectivity index (χ3n) is 5.39. The smallest absolute Gasteiger partial charge is 0.240 e. The standard InChI is InChI=1S/C23H31N3O4S/c1-26(2)21(20-6-4-5-7-22(20)30-3)16-24-23(27)15-10-17-8-13-19(14-9-17)31(28,29)25-18-11-12-18/h4-9,13-14,18,21,25H,10-12,15-16H2,1-3H3,(H,24,27). The highest BCUT2D eigenvalue weighted by Gasteiger charge is 2.27. The number of nitrogens with one attached hydrogen (secondary N) is 2. The molecule has 168 valence electrons. The minimum atomic E-state index is -3.45. The van der Waals surface area contributed by atoms with Gasteiger partial charge in [-0.25, -0.2) is 13.1 Å². The molecule has 2 aromatic rings. The van der Waals surface area contributed by atoms with Crippen LogP contribution in [0.25, 0.3) is 0 Å². The Morgan fingerprint density at radius 2 is 1.81 bits per heavy atom. The van der Waals surface area contributed by atoms with Crippen LogP contribution < -0.4 is 14.8 Å². The molecule has 0 spiro atoms. The van der Waals surface area contributed by atoms with Crippen LogP contribution in [-0.4, -0.2) is 53.0 Å². The molecule has 31 heavy (non-hydrogen) atoms. The highest BCUT2D eigenvalue weighted by atomic mass is 32.2. The van der Waals surface area contributed by atoms with Gasteiger partial charge in [0.05, 0.1) is 18.0 Å². The molecule has 0 bridgehead atoms. The molecule has 7 nitrogen and oxygen atoms in total. The average molecular weight is 446 g/mol. The first-order chi connectivity index (χ1) is 14.8. The monoisotopic (exact) mass is 445 g/mol. The largest absolute Gasteiger partial charge is 0.496 e. The van der Waals surface area contributed by atoms with Crippen molar-refractivity contribution in [3.63, 3.8) is 0 Å². The number of hydrogen-bond acceptors (Lipinski definition) is 5. The number of para-hydroxylation sites is 1. The van der Waals surface area contributed by atoms with Gasteiger partial charge in [-0.05, 0) is 57.1 Å². The Bertz CT molecular complexity index is 986. The summed E-state index contributed by atoms with van der Waals surface area (Å²) >= 11 is 0. The maximum Gasteiger partial charge on any atom is 0.240 e. The summed E-state index contributed by atoms with van der Waals surface area (Å²) in [6.45, 7) is 0.468. The second-order valence-electron chi connectivity index (χ2n) is 8.06. The molecule has 2 N–H and O–H groups in total. The molecule has 8 heteroatoms. The highest BCUT2D eigenvalue weighted by Crippen LogP contribution is 2.27. The Hall–Kier alpha value is -2.42. The van der Waals surface area contributed by atoms with E-state index in [9.17, 15) is 13.2 Å². The Morgan fingerprint density at radius 1 is 1.13 bits per heavy atom. The summed E-state index contributed by atoms with van der Waals surface area (Å²) in [4.78, 5) is 14.7. The van der Waals surface area contributed by atoms with Gasteiger partial charge in [-0.15, -0.1) is 0 Å². The maximum absolute atomic E-state index is 12.4. The Morgan fingerprint density at radius 3 is 2.42 bits per heavy atom. The lowest BCUT2D eigenvalue weighted by molar-refractivity contribution is -0.121. The lowest BCUT2D eigenvalue weighted by atomic mass is 10.0. The van der Waals surface area contributed by atoms with Crippen molar-refractivity contribution in [1.29, 1.82) is 0 Å². The third kappa shape index (κ3) is 6.53. The number of benzene rings is 2. The third-order valence-corrected chi connectivity index (χ3v) is 6.92. The van der Waals surface area contributed by atoms with E-state index < -0.39 is 10.0 Å². The van der Waals surface area contributed by atoms with Crippen LogP contribution in [0.5, 0.6) is 5.75 Å². The fraction of sp³-hybridized carbons (Fsp3) is 0.435. The van der Waals surface area contributed by atoms with Gasteiger partial charge in [0, 0.05) is 24.6 Å². The summed E-state index contributed by atoms with van der Waals surface area (Å²) in [6, 6.07) is 14.6. The van der Waals surface area contributed by atoms with E-state index in [1.54, 1.807) is 31.4 Å². The van der Waals surface area contributed by atoms with Gasteiger partial charge < -0.3 is 15.0 Å². The molecule has 3 rings (SSSR count). The van der Waals surface area contributed by atoms with Crippen molar-refractivity contribution in [2.24, 2.45) is 0 Å². The first kappa shape index (κ1) is 23.2. The summed E-state index contributed by atoms with van der Waals surface area (Å²) in [5, 5.41) is 3.01. The molecule has 1 aliphatic rings. The van der Waals surface area contributed by atoms with E-state index in [-0.39, 0.29) is 22.9 Å². The number of nitrogens with zero attached hydrogens (tertiary/aromatic N) is 1. The molecule has 0 aromatic heterocycles. The fourth-order valence-corrected chi connectivity index (χ4v) is 4.70. The quantitative estimate of drug-likeness (QED) is 0.555. The van der Waals surface area contributed by atoms with Crippen LogP contribution >= 0.6 is 0 Å². The minimum absolute atomic E-state index is 0.0106. The Balaban J connectivity index is 1.52. The zero-order chi connectivity index (χ0) is 22.4. The lowest BCUT2D eigenvalue weighted by Gasteiger charge is -2.26. The van der Waals surface area contributed by atoms with Gasteiger partial charge in [0.2, 0.25) is 15.9 Å². The number of aryl methyl sites for hydroxylation is 1. The van der Waals surface area contributed by atoms with Gasteiger partial charge in [-0.1, -0.05) is 30.3 Å². The minimum Gasteiger partial charge on any atom is -0.496 e. The normalized spacial score (nSPS) is 15.0. The number of carbonyl (C=O) groups is 1. The molecule has 0 heterocycles. The van der Waals surface area contributed by atoms with Crippen LogP contribution in [0.4, 0.5) is 0 Å².